The lowest BCUT2D eigenvalue weighted by atomic mass is 10.2. The van der Waals surface area contributed by atoms with Crippen molar-refractivity contribution < 1.29 is 14.3 Å². The Labute approximate surface area is 114 Å². The smallest absolute Gasteiger partial charge is 0.411 e. The Kier molecular flexibility index (Phi) is 7.62. The first-order valence-corrected chi connectivity index (χ1v) is 6.56. The molecule has 0 spiro atoms. The zero-order valence-electron chi connectivity index (χ0n) is 11.4. The Morgan fingerprint density at radius 1 is 1.21 bits per heavy atom. The van der Waals surface area contributed by atoms with Crippen molar-refractivity contribution in [1.82, 2.24) is 0 Å². The van der Waals surface area contributed by atoms with Gasteiger partial charge >= 0.3 is 6.09 Å². The molecule has 5 heteroatoms. The summed E-state index contributed by atoms with van der Waals surface area (Å²) in [7, 11) is 0. The van der Waals surface area contributed by atoms with Crippen LogP contribution in [0.15, 0.2) is 24.3 Å². The molecule has 1 amide bonds. The van der Waals surface area contributed by atoms with Gasteiger partial charge in [0, 0.05) is 18.8 Å². The molecule has 1 rings (SSSR count). The van der Waals surface area contributed by atoms with Crippen molar-refractivity contribution in [3.8, 4) is 0 Å². The lowest BCUT2D eigenvalue weighted by Crippen LogP contribution is -2.17. The molecule has 1 aromatic carbocycles. The van der Waals surface area contributed by atoms with Crippen LogP contribution >= 0.6 is 0 Å². The molecule has 3 N–H and O–H groups in total. The molecule has 0 aliphatic carbocycles. The van der Waals surface area contributed by atoms with E-state index in [2.05, 4.69) is 12.2 Å². The number of rotatable bonds is 8. The first-order chi connectivity index (χ1) is 9.26. The lowest BCUT2D eigenvalue weighted by molar-refractivity contribution is 0.0768. The van der Waals surface area contributed by atoms with Gasteiger partial charge in [-0.2, -0.15) is 0 Å². The second-order valence-corrected chi connectivity index (χ2v) is 4.13. The standard InChI is InChI=1S/C14H22N2O3/c1-2-3-8-18-9-10-19-14(17)16-13-6-4-12(11-15)5-7-13/h4-7H,2-3,8-11,15H2,1H3,(H,16,17). The van der Waals surface area contributed by atoms with Gasteiger partial charge in [0.1, 0.15) is 6.61 Å². The molecule has 0 fully saturated rings. The molecule has 0 saturated heterocycles. The highest BCUT2D eigenvalue weighted by Crippen LogP contribution is 2.09. The van der Waals surface area contributed by atoms with E-state index in [4.69, 9.17) is 15.2 Å². The van der Waals surface area contributed by atoms with Gasteiger partial charge in [-0.3, -0.25) is 5.32 Å². The van der Waals surface area contributed by atoms with Gasteiger partial charge in [0.2, 0.25) is 0 Å². The van der Waals surface area contributed by atoms with Crippen molar-refractivity contribution >= 4 is 11.8 Å². The average molecular weight is 266 g/mol. The Bertz CT molecular complexity index is 365. The van der Waals surface area contributed by atoms with E-state index in [9.17, 15) is 4.79 Å². The number of unbranched alkanes of at least 4 members (excludes halogenated alkanes) is 1. The third-order valence-corrected chi connectivity index (χ3v) is 2.54. The van der Waals surface area contributed by atoms with Gasteiger partial charge in [-0.15, -0.1) is 0 Å². The van der Waals surface area contributed by atoms with Gasteiger partial charge in [0.15, 0.2) is 0 Å². The zero-order valence-corrected chi connectivity index (χ0v) is 11.4. The van der Waals surface area contributed by atoms with E-state index in [-0.39, 0.29) is 6.61 Å². The lowest BCUT2D eigenvalue weighted by Gasteiger charge is -2.08. The van der Waals surface area contributed by atoms with Gasteiger partial charge < -0.3 is 15.2 Å². The van der Waals surface area contributed by atoms with Crippen LogP contribution in [0.5, 0.6) is 0 Å². The van der Waals surface area contributed by atoms with Gasteiger partial charge in [-0.1, -0.05) is 25.5 Å². The van der Waals surface area contributed by atoms with E-state index in [1.807, 2.05) is 12.1 Å². The Balaban J connectivity index is 2.16. The van der Waals surface area contributed by atoms with Crippen LogP contribution < -0.4 is 11.1 Å². The molecule has 19 heavy (non-hydrogen) atoms. The molecule has 1 aromatic rings. The van der Waals surface area contributed by atoms with E-state index in [1.165, 1.54) is 0 Å². The first-order valence-electron chi connectivity index (χ1n) is 6.56. The molecular weight excluding hydrogens is 244 g/mol. The maximum absolute atomic E-state index is 11.4. The van der Waals surface area contributed by atoms with Crippen LogP contribution in [0, 0.1) is 0 Å². The van der Waals surface area contributed by atoms with Crippen LogP contribution in [0.2, 0.25) is 0 Å². The summed E-state index contributed by atoms with van der Waals surface area (Å²) in [6.45, 7) is 3.99. The first kappa shape index (κ1) is 15.5. The Hall–Kier alpha value is -1.59. The fourth-order valence-corrected chi connectivity index (χ4v) is 1.42. The topological polar surface area (TPSA) is 73.6 Å². The normalized spacial score (nSPS) is 10.2. The molecule has 0 bridgehead atoms. The van der Waals surface area contributed by atoms with Crippen molar-refractivity contribution in [2.75, 3.05) is 25.1 Å². The number of amides is 1. The van der Waals surface area contributed by atoms with Crippen LogP contribution in [-0.2, 0) is 16.0 Å². The van der Waals surface area contributed by atoms with Crippen molar-refractivity contribution in [2.45, 2.75) is 26.3 Å². The molecule has 0 aromatic heterocycles. The van der Waals surface area contributed by atoms with Crippen molar-refractivity contribution in [3.05, 3.63) is 29.8 Å². The minimum atomic E-state index is -0.473. The molecule has 0 aliphatic rings. The van der Waals surface area contributed by atoms with Crippen molar-refractivity contribution in [1.29, 1.82) is 0 Å². The molecule has 106 valence electrons. The van der Waals surface area contributed by atoms with Gasteiger partial charge in [0.05, 0.1) is 6.61 Å². The molecule has 0 saturated carbocycles. The highest BCUT2D eigenvalue weighted by Gasteiger charge is 2.02. The number of nitrogens with one attached hydrogen (secondary N) is 1. The third-order valence-electron chi connectivity index (χ3n) is 2.54. The summed E-state index contributed by atoms with van der Waals surface area (Å²) in [4.78, 5) is 11.4. The molecule has 0 unspecified atom stereocenters. The second kappa shape index (κ2) is 9.35. The highest BCUT2D eigenvalue weighted by atomic mass is 16.6. The van der Waals surface area contributed by atoms with Crippen LogP contribution in [0.3, 0.4) is 0 Å². The summed E-state index contributed by atoms with van der Waals surface area (Å²) in [5.41, 5.74) is 7.20. The van der Waals surface area contributed by atoms with Crippen LogP contribution in [0.4, 0.5) is 10.5 Å². The number of ether oxygens (including phenoxy) is 2. The summed E-state index contributed by atoms with van der Waals surface area (Å²) in [5, 5.41) is 2.64. The van der Waals surface area contributed by atoms with Gasteiger partial charge in [-0.25, -0.2) is 4.79 Å². The number of carbonyl (C=O) groups excluding carboxylic acids is 1. The number of nitrogens with two attached hydrogens (primary N) is 1. The van der Waals surface area contributed by atoms with Crippen LogP contribution in [0.25, 0.3) is 0 Å². The average Bonchev–Trinajstić information content (AvgIpc) is 2.43. The van der Waals surface area contributed by atoms with E-state index in [1.54, 1.807) is 12.1 Å². The van der Waals surface area contributed by atoms with Crippen LogP contribution in [0.1, 0.15) is 25.3 Å². The predicted molar refractivity (Wildman–Crippen MR) is 75.0 cm³/mol. The number of hydrogen-bond acceptors (Lipinski definition) is 4. The van der Waals surface area contributed by atoms with E-state index in [0.717, 1.165) is 18.4 Å². The fraction of sp³-hybridized carbons (Fsp3) is 0.500. The zero-order chi connectivity index (χ0) is 13.9. The highest BCUT2D eigenvalue weighted by molar-refractivity contribution is 5.84. The molecule has 0 radical (unpaired) electrons. The summed E-state index contributed by atoms with van der Waals surface area (Å²) in [5.74, 6) is 0. The minimum Gasteiger partial charge on any atom is -0.447 e. The molecule has 5 nitrogen and oxygen atoms in total. The second-order valence-electron chi connectivity index (χ2n) is 4.13. The summed E-state index contributed by atoms with van der Waals surface area (Å²) in [6.07, 6.45) is 1.65. The van der Waals surface area contributed by atoms with Crippen LogP contribution in [-0.4, -0.2) is 25.9 Å². The Morgan fingerprint density at radius 3 is 2.58 bits per heavy atom. The van der Waals surface area contributed by atoms with Gasteiger partial charge in [-0.05, 0) is 24.1 Å². The minimum absolute atomic E-state index is 0.260. The summed E-state index contributed by atoms with van der Waals surface area (Å²) < 4.78 is 10.3. The van der Waals surface area contributed by atoms with E-state index in [0.29, 0.717) is 25.4 Å². The maximum atomic E-state index is 11.4. The van der Waals surface area contributed by atoms with E-state index < -0.39 is 6.09 Å². The predicted octanol–water partition coefficient (Wildman–Crippen LogP) is 2.51. The number of hydrogen-bond donors (Lipinski definition) is 2. The molecule has 0 atom stereocenters. The maximum Gasteiger partial charge on any atom is 0.411 e. The quantitative estimate of drug-likeness (QED) is 0.709. The van der Waals surface area contributed by atoms with Crippen molar-refractivity contribution in [3.63, 3.8) is 0 Å². The van der Waals surface area contributed by atoms with E-state index >= 15 is 0 Å². The Morgan fingerprint density at radius 2 is 1.95 bits per heavy atom. The largest absolute Gasteiger partial charge is 0.447 e. The monoisotopic (exact) mass is 266 g/mol. The number of carbonyl (C=O) groups is 1. The summed E-state index contributed by atoms with van der Waals surface area (Å²) in [6, 6.07) is 7.31. The third kappa shape index (κ3) is 6.79. The van der Waals surface area contributed by atoms with Crippen molar-refractivity contribution in [2.24, 2.45) is 5.73 Å². The fourth-order valence-electron chi connectivity index (χ4n) is 1.42. The SMILES string of the molecule is CCCCOCCOC(=O)Nc1ccc(CN)cc1. The molecule has 0 heterocycles. The van der Waals surface area contributed by atoms with Gasteiger partial charge in [0.25, 0.3) is 0 Å². The number of benzene rings is 1. The molecule has 0 aliphatic heterocycles. The number of anilines is 1. The summed E-state index contributed by atoms with van der Waals surface area (Å²) >= 11 is 0. The molecular formula is C14H22N2O3.